The summed E-state index contributed by atoms with van der Waals surface area (Å²) in [6, 6.07) is 28.3. The number of nitrogens with zero attached hydrogens (tertiary/aromatic N) is 1. The van der Waals surface area contributed by atoms with Crippen molar-refractivity contribution in [1.29, 1.82) is 0 Å². The Balaban J connectivity index is 1.31. The van der Waals surface area contributed by atoms with Crippen LogP contribution in [0.2, 0.25) is 0 Å². The minimum absolute atomic E-state index is 0.253. The number of thioether (sulfide) groups is 1. The molecule has 0 aliphatic rings. The van der Waals surface area contributed by atoms with Crippen LogP contribution < -0.4 is 14.2 Å². The smallest absolute Gasteiger partial charge is 0.240 e. The van der Waals surface area contributed by atoms with Crippen LogP contribution in [0.4, 0.5) is 0 Å². The van der Waals surface area contributed by atoms with E-state index in [1.165, 1.54) is 11.8 Å². The predicted molar refractivity (Wildman–Crippen MR) is 152 cm³/mol. The van der Waals surface area contributed by atoms with Gasteiger partial charge in [-0.1, -0.05) is 42.1 Å². The van der Waals surface area contributed by atoms with Gasteiger partial charge in [-0.3, -0.25) is 0 Å². The average molecular weight is 546 g/mol. The van der Waals surface area contributed by atoms with Gasteiger partial charge in [-0.15, -0.1) is 0 Å². The average Bonchev–Trinajstić information content (AvgIpc) is 3.39. The Hall–Kier alpha value is -3.79. The highest BCUT2D eigenvalue weighted by Gasteiger charge is 2.17. The topological polar surface area (TPSA) is 93.3 Å². The van der Waals surface area contributed by atoms with Crippen LogP contribution in [0.5, 0.6) is 11.5 Å². The molecule has 5 aromatic rings. The molecule has 0 saturated carbocycles. The second kappa shape index (κ2) is 11.3. The third-order valence-corrected chi connectivity index (χ3v) is 8.42. The fourth-order valence-corrected chi connectivity index (χ4v) is 6.01. The van der Waals surface area contributed by atoms with Crippen LogP contribution in [0.1, 0.15) is 0 Å². The summed E-state index contributed by atoms with van der Waals surface area (Å²) >= 11 is 1.46. The van der Waals surface area contributed by atoms with Crippen LogP contribution in [-0.4, -0.2) is 44.9 Å². The molecule has 0 bridgehead atoms. The number of rotatable bonds is 10. The number of aromatic nitrogens is 2. The first-order chi connectivity index (χ1) is 18.5. The molecule has 4 aromatic carbocycles. The Bertz CT molecular complexity index is 1580. The van der Waals surface area contributed by atoms with Crippen LogP contribution >= 0.6 is 11.8 Å². The molecule has 0 spiro atoms. The first-order valence-electron chi connectivity index (χ1n) is 12.0. The van der Waals surface area contributed by atoms with Gasteiger partial charge in [0.25, 0.3) is 0 Å². The first kappa shape index (κ1) is 25.8. The Morgan fingerprint density at radius 1 is 0.816 bits per heavy atom. The summed E-state index contributed by atoms with van der Waals surface area (Å²) in [4.78, 5) is 8.51. The van der Waals surface area contributed by atoms with Crippen molar-refractivity contribution >= 4 is 32.6 Å². The molecule has 0 fully saturated rings. The predicted octanol–water partition coefficient (Wildman–Crippen LogP) is 5.98. The molecule has 0 aliphatic heterocycles. The molecule has 0 atom stereocenters. The van der Waals surface area contributed by atoms with Gasteiger partial charge in [0, 0.05) is 23.4 Å². The van der Waals surface area contributed by atoms with Crippen molar-refractivity contribution in [2.24, 2.45) is 0 Å². The third kappa shape index (κ3) is 5.70. The van der Waals surface area contributed by atoms with Crippen molar-refractivity contribution in [1.82, 2.24) is 14.7 Å². The van der Waals surface area contributed by atoms with E-state index >= 15 is 0 Å². The van der Waals surface area contributed by atoms with Crippen LogP contribution in [0.15, 0.2) is 101 Å². The maximum absolute atomic E-state index is 12.9. The lowest BCUT2D eigenvalue weighted by Gasteiger charge is -2.07. The van der Waals surface area contributed by atoms with Gasteiger partial charge in [0.2, 0.25) is 10.0 Å². The monoisotopic (exact) mass is 545 g/mol. The largest absolute Gasteiger partial charge is 0.497 e. The number of hydrogen-bond donors (Lipinski definition) is 2. The van der Waals surface area contributed by atoms with E-state index in [9.17, 15) is 8.42 Å². The van der Waals surface area contributed by atoms with E-state index in [2.05, 4.69) is 9.71 Å². The summed E-state index contributed by atoms with van der Waals surface area (Å²) in [7, 11) is -0.356. The number of H-pyrrole nitrogens is 1. The lowest BCUT2D eigenvalue weighted by Crippen LogP contribution is -2.26. The van der Waals surface area contributed by atoms with Gasteiger partial charge in [0.05, 0.1) is 30.5 Å². The van der Waals surface area contributed by atoms with Crippen LogP contribution in [0.3, 0.4) is 0 Å². The highest BCUT2D eigenvalue weighted by Crippen LogP contribution is 2.34. The van der Waals surface area contributed by atoms with Crippen LogP contribution in [-0.2, 0) is 10.0 Å². The molecule has 194 valence electrons. The molecule has 0 radical (unpaired) electrons. The summed E-state index contributed by atoms with van der Waals surface area (Å²) in [6.45, 7) is 0.260. The van der Waals surface area contributed by atoms with Crippen molar-refractivity contribution in [3.05, 3.63) is 91.0 Å². The number of imidazole rings is 1. The Labute approximate surface area is 226 Å². The van der Waals surface area contributed by atoms with E-state index in [1.54, 1.807) is 26.4 Å². The van der Waals surface area contributed by atoms with E-state index in [0.29, 0.717) is 10.9 Å². The molecule has 0 saturated heterocycles. The Kier molecular flexibility index (Phi) is 7.69. The number of methoxy groups -OCH3 is 2. The minimum atomic E-state index is -3.63. The molecule has 0 unspecified atom stereocenters. The molecule has 0 amide bonds. The third-order valence-electron chi connectivity index (χ3n) is 6.09. The molecule has 9 heteroatoms. The van der Waals surface area contributed by atoms with Crippen molar-refractivity contribution in [3.63, 3.8) is 0 Å². The number of fused-ring (bicyclic) bond motifs is 1. The standard InChI is InChI=1S/C29H27N3O4S2/c1-35-24-12-7-21(8-13-24)27-28(22-9-14-25(36-2)15-10-22)32-29(31-27)37-18-17-30-38(33,34)26-16-11-20-5-3-4-6-23(20)19-26/h3-16,19,30H,17-18H2,1-2H3,(H,31,32). The van der Waals surface area contributed by atoms with Crippen molar-refractivity contribution in [3.8, 4) is 34.0 Å². The molecule has 1 aromatic heterocycles. The van der Waals surface area contributed by atoms with Crippen LogP contribution in [0.25, 0.3) is 33.3 Å². The van der Waals surface area contributed by atoms with Gasteiger partial charge in [-0.05, 0) is 71.4 Å². The maximum Gasteiger partial charge on any atom is 0.240 e. The molecular formula is C29H27N3O4S2. The van der Waals surface area contributed by atoms with E-state index in [0.717, 1.165) is 44.8 Å². The van der Waals surface area contributed by atoms with E-state index < -0.39 is 10.0 Å². The highest BCUT2D eigenvalue weighted by molar-refractivity contribution is 7.99. The number of hydrogen-bond acceptors (Lipinski definition) is 6. The van der Waals surface area contributed by atoms with Gasteiger partial charge in [-0.25, -0.2) is 18.1 Å². The van der Waals surface area contributed by atoms with Crippen LogP contribution in [0, 0.1) is 0 Å². The number of nitrogens with one attached hydrogen (secondary N) is 2. The van der Waals surface area contributed by atoms with Gasteiger partial charge >= 0.3 is 0 Å². The fourth-order valence-electron chi connectivity index (χ4n) is 4.09. The second-order valence-electron chi connectivity index (χ2n) is 8.48. The molecular weight excluding hydrogens is 518 g/mol. The summed E-state index contributed by atoms with van der Waals surface area (Å²) in [5.74, 6) is 2.04. The SMILES string of the molecule is COc1ccc(-c2nc(SCCNS(=O)(=O)c3ccc4ccccc4c3)[nH]c2-c2ccc(OC)cc2)cc1. The minimum Gasteiger partial charge on any atom is -0.497 e. The highest BCUT2D eigenvalue weighted by atomic mass is 32.2. The summed E-state index contributed by atoms with van der Waals surface area (Å²) in [5.41, 5.74) is 3.58. The van der Waals surface area contributed by atoms with Gasteiger partial charge in [0.15, 0.2) is 5.16 Å². The normalized spacial score (nSPS) is 11.5. The first-order valence-corrected chi connectivity index (χ1v) is 14.4. The van der Waals surface area contributed by atoms with Crippen molar-refractivity contribution in [2.45, 2.75) is 10.1 Å². The Morgan fingerprint density at radius 2 is 1.45 bits per heavy atom. The lowest BCUT2D eigenvalue weighted by molar-refractivity contribution is 0.414. The van der Waals surface area contributed by atoms with E-state index in [-0.39, 0.29) is 11.4 Å². The molecule has 0 aliphatic carbocycles. The summed E-state index contributed by atoms with van der Waals surface area (Å²) < 4.78 is 39.0. The summed E-state index contributed by atoms with van der Waals surface area (Å²) in [6.07, 6.45) is 0. The quantitative estimate of drug-likeness (QED) is 0.166. The maximum atomic E-state index is 12.9. The molecule has 38 heavy (non-hydrogen) atoms. The summed E-state index contributed by atoms with van der Waals surface area (Å²) in [5, 5.41) is 2.59. The fraction of sp³-hybridized carbons (Fsp3) is 0.138. The molecule has 1 heterocycles. The number of benzene rings is 4. The number of ether oxygens (including phenoxy) is 2. The zero-order valence-electron chi connectivity index (χ0n) is 21.0. The molecule has 5 rings (SSSR count). The number of sulfonamides is 1. The van der Waals surface area contributed by atoms with E-state index in [4.69, 9.17) is 14.5 Å². The van der Waals surface area contributed by atoms with Crippen molar-refractivity contribution < 1.29 is 17.9 Å². The van der Waals surface area contributed by atoms with E-state index in [1.807, 2.05) is 78.9 Å². The van der Waals surface area contributed by atoms with Gasteiger partial charge in [-0.2, -0.15) is 0 Å². The molecule has 7 nitrogen and oxygen atoms in total. The van der Waals surface area contributed by atoms with Gasteiger partial charge < -0.3 is 14.5 Å². The lowest BCUT2D eigenvalue weighted by atomic mass is 10.0. The molecule has 2 N–H and O–H groups in total. The van der Waals surface area contributed by atoms with Crippen molar-refractivity contribution in [2.75, 3.05) is 26.5 Å². The number of aromatic amines is 1. The zero-order valence-corrected chi connectivity index (χ0v) is 22.6. The Morgan fingerprint density at radius 3 is 2.11 bits per heavy atom. The van der Waals surface area contributed by atoms with Gasteiger partial charge in [0.1, 0.15) is 11.5 Å². The zero-order chi connectivity index (χ0) is 26.5. The second-order valence-corrected chi connectivity index (χ2v) is 11.3.